The van der Waals surface area contributed by atoms with Gasteiger partial charge in [-0.3, -0.25) is 4.99 Å². The molecule has 0 N–H and O–H groups in total. The molecule has 1 aromatic heterocycles. The van der Waals surface area contributed by atoms with Crippen LogP contribution in [-0.4, -0.2) is 17.3 Å². The molecule has 0 atom stereocenters. The third kappa shape index (κ3) is 2.72. The van der Waals surface area contributed by atoms with E-state index >= 15 is 0 Å². The molecule has 0 aliphatic carbocycles. The van der Waals surface area contributed by atoms with Crippen molar-refractivity contribution in [1.82, 2.24) is 4.57 Å². The number of aryl methyl sites for hydroxylation is 1. The van der Waals surface area contributed by atoms with Crippen molar-refractivity contribution in [3.05, 3.63) is 59.3 Å². The molecular weight excluding hydrogens is 214 g/mol. The van der Waals surface area contributed by atoms with E-state index in [0.29, 0.717) is 6.54 Å². The standard InChI is InChI=1S/C13H15N3O/c1-11-4-3-5-12(8-11)13(14-2)9-15-6-7-16(17)10-15/h3-8,10H,9H2,1-2H3. The molecule has 0 aliphatic rings. The van der Waals surface area contributed by atoms with E-state index in [2.05, 4.69) is 24.0 Å². The van der Waals surface area contributed by atoms with Crippen LogP contribution in [0.3, 0.4) is 0 Å². The Kier molecular flexibility index (Phi) is 3.23. The monoisotopic (exact) mass is 229 g/mol. The predicted molar refractivity (Wildman–Crippen MR) is 67.0 cm³/mol. The van der Waals surface area contributed by atoms with Crippen molar-refractivity contribution >= 4 is 5.71 Å². The summed E-state index contributed by atoms with van der Waals surface area (Å²) in [6, 6.07) is 8.19. The van der Waals surface area contributed by atoms with Gasteiger partial charge in [-0.05, 0) is 12.5 Å². The Labute approximate surface area is 100 Å². The van der Waals surface area contributed by atoms with Crippen LogP contribution in [0.2, 0.25) is 0 Å². The fourth-order valence-corrected chi connectivity index (χ4v) is 1.76. The van der Waals surface area contributed by atoms with Gasteiger partial charge in [0.15, 0.2) is 0 Å². The van der Waals surface area contributed by atoms with Gasteiger partial charge in [0.2, 0.25) is 6.33 Å². The van der Waals surface area contributed by atoms with E-state index < -0.39 is 0 Å². The van der Waals surface area contributed by atoms with Gasteiger partial charge in [-0.1, -0.05) is 29.8 Å². The first-order valence-corrected chi connectivity index (χ1v) is 5.46. The zero-order chi connectivity index (χ0) is 12.3. The van der Waals surface area contributed by atoms with Gasteiger partial charge in [-0.25, -0.2) is 9.30 Å². The molecule has 0 amide bonds. The maximum atomic E-state index is 11.0. The molecule has 0 bridgehead atoms. The first-order chi connectivity index (χ1) is 8.19. The highest BCUT2D eigenvalue weighted by Gasteiger charge is 2.07. The van der Waals surface area contributed by atoms with Crippen LogP contribution in [0.25, 0.3) is 0 Å². The maximum Gasteiger partial charge on any atom is 0.247 e. The summed E-state index contributed by atoms with van der Waals surface area (Å²) < 4.78 is 2.60. The lowest BCUT2D eigenvalue weighted by Gasteiger charge is -2.04. The normalized spacial score (nSPS) is 11.8. The Hall–Kier alpha value is -2.10. The predicted octanol–water partition coefficient (Wildman–Crippen LogP) is 1.55. The summed E-state index contributed by atoms with van der Waals surface area (Å²) in [4.78, 5) is 4.29. The van der Waals surface area contributed by atoms with Gasteiger partial charge in [0.1, 0.15) is 18.9 Å². The first-order valence-electron chi connectivity index (χ1n) is 5.46. The number of benzene rings is 1. The van der Waals surface area contributed by atoms with Crippen LogP contribution in [0.1, 0.15) is 11.1 Å². The van der Waals surface area contributed by atoms with Crippen LogP contribution in [-0.2, 0) is 6.54 Å². The molecule has 0 saturated carbocycles. The van der Waals surface area contributed by atoms with Gasteiger partial charge in [0.05, 0.1) is 5.71 Å². The Bertz CT molecular complexity index is 543. The third-order valence-electron chi connectivity index (χ3n) is 2.62. The molecule has 0 saturated heterocycles. The van der Waals surface area contributed by atoms with Gasteiger partial charge >= 0.3 is 0 Å². The fourth-order valence-electron chi connectivity index (χ4n) is 1.76. The molecule has 0 spiro atoms. The van der Waals surface area contributed by atoms with Crippen molar-refractivity contribution in [3.63, 3.8) is 0 Å². The van der Waals surface area contributed by atoms with E-state index in [1.54, 1.807) is 13.2 Å². The number of imidazole rings is 1. The first kappa shape index (κ1) is 11.4. The van der Waals surface area contributed by atoms with Gasteiger partial charge in [-0.2, -0.15) is 0 Å². The van der Waals surface area contributed by atoms with E-state index in [0.717, 1.165) is 16.0 Å². The molecule has 1 heterocycles. The summed E-state index contributed by atoms with van der Waals surface area (Å²) in [6.07, 6.45) is 4.72. The van der Waals surface area contributed by atoms with E-state index in [9.17, 15) is 5.21 Å². The second kappa shape index (κ2) is 4.82. The molecule has 4 nitrogen and oxygen atoms in total. The van der Waals surface area contributed by atoms with Crippen molar-refractivity contribution in [2.24, 2.45) is 4.99 Å². The van der Waals surface area contributed by atoms with Crippen LogP contribution in [0.4, 0.5) is 0 Å². The molecule has 2 rings (SSSR count). The minimum atomic E-state index is 0.606. The number of hydrogen-bond acceptors (Lipinski definition) is 2. The topological polar surface area (TPSA) is 44.2 Å². The summed E-state index contributed by atoms with van der Waals surface area (Å²) in [5.74, 6) is 0. The quantitative estimate of drug-likeness (QED) is 0.447. The number of aromatic nitrogens is 2. The average molecular weight is 229 g/mol. The number of rotatable bonds is 3. The van der Waals surface area contributed by atoms with E-state index in [1.165, 1.54) is 18.1 Å². The Morgan fingerprint density at radius 3 is 2.88 bits per heavy atom. The lowest BCUT2D eigenvalue weighted by molar-refractivity contribution is -0.604. The van der Waals surface area contributed by atoms with E-state index in [1.807, 2.05) is 16.7 Å². The number of aliphatic imine (C=N–C) groups is 1. The van der Waals surface area contributed by atoms with Crippen molar-refractivity contribution in [3.8, 4) is 0 Å². The second-order valence-corrected chi connectivity index (χ2v) is 3.99. The summed E-state index contributed by atoms with van der Waals surface area (Å²) in [5, 5.41) is 11.0. The van der Waals surface area contributed by atoms with Crippen molar-refractivity contribution in [1.29, 1.82) is 0 Å². The Morgan fingerprint density at radius 1 is 1.47 bits per heavy atom. The maximum absolute atomic E-state index is 11.0. The average Bonchev–Trinajstić information content (AvgIpc) is 2.72. The summed E-state index contributed by atoms with van der Waals surface area (Å²) in [7, 11) is 1.77. The zero-order valence-electron chi connectivity index (χ0n) is 10.00. The number of hydrogen-bond donors (Lipinski definition) is 0. The van der Waals surface area contributed by atoms with Gasteiger partial charge in [-0.15, -0.1) is 0 Å². The molecule has 2 aromatic rings. The van der Waals surface area contributed by atoms with Crippen LogP contribution in [0, 0.1) is 12.1 Å². The molecule has 88 valence electrons. The van der Waals surface area contributed by atoms with Crippen molar-refractivity contribution in [2.75, 3.05) is 7.05 Å². The minimum absolute atomic E-state index is 0.606. The van der Waals surface area contributed by atoms with Gasteiger partial charge < -0.3 is 5.21 Å². The molecule has 0 unspecified atom stereocenters. The fraction of sp³-hybridized carbons (Fsp3) is 0.231. The Morgan fingerprint density at radius 2 is 2.29 bits per heavy atom. The summed E-state index contributed by atoms with van der Waals surface area (Å²) >= 11 is 0. The van der Waals surface area contributed by atoms with Crippen LogP contribution < -0.4 is 4.73 Å². The molecular formula is C13H15N3O. The SMILES string of the molecule is CN=C(Cn1cc[n+]([O-])c1)c1cccc(C)c1. The minimum Gasteiger partial charge on any atom is -0.711 e. The number of nitrogens with zero attached hydrogens (tertiary/aromatic N) is 3. The molecule has 0 aliphatic heterocycles. The highest BCUT2D eigenvalue weighted by atomic mass is 16.5. The molecule has 4 heteroatoms. The van der Waals surface area contributed by atoms with Gasteiger partial charge in [0.25, 0.3) is 0 Å². The molecule has 0 fully saturated rings. The molecule has 1 aromatic carbocycles. The lowest BCUT2D eigenvalue weighted by atomic mass is 10.1. The lowest BCUT2D eigenvalue weighted by Crippen LogP contribution is -2.22. The van der Waals surface area contributed by atoms with E-state index in [-0.39, 0.29) is 0 Å². The second-order valence-electron chi connectivity index (χ2n) is 3.99. The summed E-state index contributed by atoms with van der Waals surface area (Å²) in [6.45, 7) is 2.66. The smallest absolute Gasteiger partial charge is 0.247 e. The van der Waals surface area contributed by atoms with Crippen molar-refractivity contribution in [2.45, 2.75) is 13.5 Å². The van der Waals surface area contributed by atoms with Crippen molar-refractivity contribution < 1.29 is 4.73 Å². The van der Waals surface area contributed by atoms with Gasteiger partial charge in [0, 0.05) is 7.05 Å². The third-order valence-corrected chi connectivity index (χ3v) is 2.62. The van der Waals surface area contributed by atoms with E-state index in [4.69, 9.17) is 0 Å². The molecule has 17 heavy (non-hydrogen) atoms. The largest absolute Gasteiger partial charge is 0.711 e. The highest BCUT2D eigenvalue weighted by molar-refractivity contribution is 6.00. The van der Waals surface area contributed by atoms with Crippen LogP contribution in [0.15, 0.2) is 48.0 Å². The van der Waals surface area contributed by atoms with Crippen LogP contribution in [0.5, 0.6) is 0 Å². The summed E-state index contributed by atoms with van der Waals surface area (Å²) in [5.41, 5.74) is 3.26. The highest BCUT2D eigenvalue weighted by Crippen LogP contribution is 2.07. The van der Waals surface area contributed by atoms with Crippen LogP contribution >= 0.6 is 0 Å². The molecule has 0 radical (unpaired) electrons. The zero-order valence-corrected chi connectivity index (χ0v) is 10.00. The Balaban J connectivity index is 2.23.